The number of carboxylic acid groups (broad SMARTS) is 1. The van der Waals surface area contributed by atoms with Gasteiger partial charge in [-0.3, -0.25) is 0 Å². The van der Waals surface area contributed by atoms with Gasteiger partial charge in [-0.25, -0.2) is 29.5 Å². The monoisotopic (exact) mass is 772 g/mol. The van der Waals surface area contributed by atoms with Gasteiger partial charge in [-0.2, -0.15) is 0 Å². The second-order valence-corrected chi connectivity index (χ2v) is 12.8. The summed E-state index contributed by atoms with van der Waals surface area (Å²) in [4.78, 5) is 46.4. The molecule has 2 aromatic heterocycles. The number of anilines is 2. The summed E-state index contributed by atoms with van der Waals surface area (Å²) in [5.41, 5.74) is 6.31. The van der Waals surface area contributed by atoms with Gasteiger partial charge in [0.05, 0.1) is 54.5 Å². The fourth-order valence-electron chi connectivity index (χ4n) is 5.49. The Kier molecular flexibility index (Phi) is 17.2. The van der Waals surface area contributed by atoms with Crippen molar-refractivity contribution in [3.05, 3.63) is 96.1 Å². The Morgan fingerprint density at radius 3 is 1.38 bits per heavy atom. The fraction of sp³-hybridized carbons (Fsp3) is 0.286. The third-order valence-electron chi connectivity index (χ3n) is 8.90. The SMILES string of the molecule is C.COC(=O)c1ccc2nc(-c3ccccc3OC)c(N(C)C(C)C)nc2c1.COc1ccccc1-c1nc2ccc(C(=O)O)cc2nc1N(C)C(C)C.[Na+].[OH-]. The van der Waals surface area contributed by atoms with Crippen LogP contribution in [0.3, 0.4) is 0 Å². The number of aromatic carboxylic acids is 1. The number of carbonyl (C=O) groups excluding carboxylic acids is 1. The van der Waals surface area contributed by atoms with Crippen molar-refractivity contribution >= 4 is 45.6 Å². The summed E-state index contributed by atoms with van der Waals surface area (Å²) < 4.78 is 15.8. The predicted molar refractivity (Wildman–Crippen MR) is 217 cm³/mol. The molecule has 0 amide bonds. The largest absolute Gasteiger partial charge is 1.00 e. The smallest absolute Gasteiger partial charge is 0.870 e. The molecule has 14 heteroatoms. The van der Waals surface area contributed by atoms with E-state index in [1.807, 2.05) is 67.5 Å². The van der Waals surface area contributed by atoms with Crippen molar-refractivity contribution < 1.29 is 63.9 Å². The Balaban J connectivity index is 0.000000367. The molecule has 13 nitrogen and oxygen atoms in total. The number of para-hydroxylation sites is 2. The second kappa shape index (κ2) is 20.5. The average molecular weight is 773 g/mol. The molecule has 0 bridgehead atoms. The van der Waals surface area contributed by atoms with Crippen molar-refractivity contribution in [2.45, 2.75) is 47.2 Å². The topological polar surface area (TPSA) is 170 Å². The first-order valence-electron chi connectivity index (χ1n) is 17.1. The Hall–Kier alpha value is -5.34. The zero-order valence-electron chi connectivity index (χ0n) is 32.9. The molecule has 6 rings (SSSR count). The van der Waals surface area contributed by atoms with Crippen LogP contribution in [0.5, 0.6) is 11.5 Å². The Labute approximate surface area is 350 Å². The van der Waals surface area contributed by atoms with Crippen LogP contribution < -0.4 is 48.8 Å². The van der Waals surface area contributed by atoms with Crippen LogP contribution in [0.2, 0.25) is 0 Å². The molecule has 0 spiro atoms. The normalized spacial score (nSPS) is 10.3. The quantitative estimate of drug-likeness (QED) is 0.142. The van der Waals surface area contributed by atoms with E-state index in [4.69, 9.17) is 34.1 Å². The summed E-state index contributed by atoms with van der Waals surface area (Å²) in [7, 11) is 8.55. The molecule has 0 fully saturated rings. The van der Waals surface area contributed by atoms with Crippen molar-refractivity contribution in [1.82, 2.24) is 19.9 Å². The van der Waals surface area contributed by atoms with E-state index in [1.54, 1.807) is 44.6 Å². The van der Waals surface area contributed by atoms with Crippen LogP contribution in [-0.2, 0) is 4.74 Å². The van der Waals surface area contributed by atoms with Crippen LogP contribution in [0.25, 0.3) is 44.6 Å². The molecule has 56 heavy (non-hydrogen) atoms. The number of methoxy groups -OCH3 is 3. The zero-order valence-corrected chi connectivity index (χ0v) is 34.9. The molecule has 0 unspecified atom stereocenters. The van der Waals surface area contributed by atoms with E-state index < -0.39 is 11.9 Å². The summed E-state index contributed by atoms with van der Waals surface area (Å²) in [6.45, 7) is 8.29. The van der Waals surface area contributed by atoms with Gasteiger partial charge in [0.1, 0.15) is 22.9 Å². The predicted octanol–water partition coefficient (Wildman–Crippen LogP) is 5.25. The maximum absolute atomic E-state index is 11.9. The number of carbonyl (C=O) groups is 2. The zero-order chi connectivity index (χ0) is 38.4. The number of aromatic nitrogens is 4. The van der Waals surface area contributed by atoms with Crippen LogP contribution in [0, 0.1) is 0 Å². The molecule has 0 aliphatic heterocycles. The molecule has 6 aromatic rings. The van der Waals surface area contributed by atoms with Gasteiger partial charge in [0.15, 0.2) is 11.6 Å². The molecule has 0 aliphatic carbocycles. The summed E-state index contributed by atoms with van der Waals surface area (Å²) in [6.07, 6.45) is 0. The summed E-state index contributed by atoms with van der Waals surface area (Å²) in [5, 5.41) is 9.24. The van der Waals surface area contributed by atoms with E-state index in [-0.39, 0.29) is 60.1 Å². The molecule has 0 aliphatic rings. The number of carboxylic acids is 1. The van der Waals surface area contributed by atoms with Crippen molar-refractivity contribution in [3.63, 3.8) is 0 Å². The van der Waals surface area contributed by atoms with Crippen molar-refractivity contribution in [1.29, 1.82) is 0 Å². The average Bonchev–Trinajstić information content (AvgIpc) is 3.18. The van der Waals surface area contributed by atoms with E-state index in [0.717, 1.165) is 28.4 Å². The molecule has 0 radical (unpaired) electrons. The molecule has 0 atom stereocenters. The Morgan fingerprint density at radius 1 is 0.607 bits per heavy atom. The third kappa shape index (κ3) is 10.1. The van der Waals surface area contributed by atoms with Crippen molar-refractivity contribution in [2.24, 2.45) is 0 Å². The van der Waals surface area contributed by atoms with E-state index in [9.17, 15) is 14.7 Å². The molecule has 2 N–H and O–H groups in total. The summed E-state index contributed by atoms with van der Waals surface area (Å²) in [6, 6.07) is 25.8. The van der Waals surface area contributed by atoms with Crippen LogP contribution >= 0.6 is 0 Å². The van der Waals surface area contributed by atoms with Gasteiger partial charge in [-0.05, 0) is 88.4 Å². The van der Waals surface area contributed by atoms with Gasteiger partial charge in [-0.15, -0.1) is 0 Å². The first-order chi connectivity index (χ1) is 25.4. The summed E-state index contributed by atoms with van der Waals surface area (Å²) >= 11 is 0. The maximum atomic E-state index is 11.9. The van der Waals surface area contributed by atoms with Gasteiger partial charge in [0.2, 0.25) is 0 Å². The van der Waals surface area contributed by atoms with Crippen molar-refractivity contribution in [3.8, 4) is 34.0 Å². The molecule has 290 valence electrons. The number of ether oxygens (including phenoxy) is 3. The molecular weight excluding hydrogens is 723 g/mol. The minimum absolute atomic E-state index is 0. The number of fused-ring (bicyclic) bond motifs is 2. The molecule has 0 saturated carbocycles. The van der Waals surface area contributed by atoms with Gasteiger partial charge in [0.25, 0.3) is 0 Å². The van der Waals surface area contributed by atoms with Gasteiger partial charge >= 0.3 is 41.5 Å². The van der Waals surface area contributed by atoms with Crippen LogP contribution in [0.1, 0.15) is 55.8 Å². The van der Waals surface area contributed by atoms with E-state index >= 15 is 0 Å². The molecular formula is C42H49N6NaO7. The van der Waals surface area contributed by atoms with Crippen LogP contribution in [-0.4, -0.2) is 90.0 Å². The fourth-order valence-corrected chi connectivity index (χ4v) is 5.49. The van der Waals surface area contributed by atoms with E-state index in [0.29, 0.717) is 44.9 Å². The molecule has 2 heterocycles. The number of benzene rings is 4. The number of hydrogen-bond donors (Lipinski definition) is 1. The first-order valence-corrected chi connectivity index (χ1v) is 17.1. The Morgan fingerprint density at radius 2 is 1.00 bits per heavy atom. The Bertz CT molecular complexity index is 2290. The number of nitrogens with zero attached hydrogens (tertiary/aromatic N) is 6. The first kappa shape index (κ1) is 46.8. The van der Waals surface area contributed by atoms with Crippen LogP contribution in [0.4, 0.5) is 11.6 Å². The van der Waals surface area contributed by atoms with Gasteiger partial charge in [-0.1, -0.05) is 31.7 Å². The van der Waals surface area contributed by atoms with E-state index in [1.165, 1.54) is 13.2 Å². The summed E-state index contributed by atoms with van der Waals surface area (Å²) in [5.74, 6) is 1.47. The second-order valence-electron chi connectivity index (χ2n) is 12.8. The molecule has 4 aromatic carbocycles. The maximum Gasteiger partial charge on any atom is 1.00 e. The number of rotatable bonds is 10. The van der Waals surface area contributed by atoms with Crippen LogP contribution in [0.15, 0.2) is 84.9 Å². The minimum Gasteiger partial charge on any atom is -0.870 e. The van der Waals surface area contributed by atoms with E-state index in [2.05, 4.69) is 32.6 Å². The van der Waals surface area contributed by atoms with Crippen molar-refractivity contribution in [2.75, 3.05) is 45.2 Å². The third-order valence-corrected chi connectivity index (χ3v) is 8.90. The van der Waals surface area contributed by atoms with Gasteiger partial charge < -0.3 is 34.6 Å². The molecule has 0 saturated heterocycles. The minimum atomic E-state index is -0.985. The standard InChI is InChI=1S/C21H23N3O3.C20H21N3O3.CH4.Na.H2O/c1-13(2)24(3)20-19(15-8-6-7-9-18(15)26-4)22-16-11-10-14(21(25)27-5)12-17(16)23-20;1-12(2)23(3)19-18(14-7-5-6-8-17(14)26-4)21-15-10-9-13(20(24)25)11-16(15)22-19;;;/h6-13H,1-5H3;5-12H,1-4H3,(H,24,25);1H4;;1H2/q;;;+1;/p-1. The number of hydrogen-bond acceptors (Lipinski definition) is 12. The number of esters is 1. The van der Waals surface area contributed by atoms with Gasteiger partial charge in [0, 0.05) is 37.3 Å².